The first kappa shape index (κ1) is 14.4. The van der Waals surface area contributed by atoms with Crippen molar-refractivity contribution in [3.8, 4) is 0 Å². The summed E-state index contributed by atoms with van der Waals surface area (Å²) in [6, 6.07) is 6.77. The molecule has 3 nitrogen and oxygen atoms in total. The van der Waals surface area contributed by atoms with E-state index in [4.69, 9.17) is 9.47 Å². The fourth-order valence-electron chi connectivity index (χ4n) is 2.33. The van der Waals surface area contributed by atoms with E-state index in [9.17, 15) is 4.39 Å². The van der Waals surface area contributed by atoms with Gasteiger partial charge in [0.05, 0.1) is 25.9 Å². The Morgan fingerprint density at radius 3 is 3.00 bits per heavy atom. The highest BCUT2D eigenvalue weighted by Gasteiger charge is 2.18. The van der Waals surface area contributed by atoms with Gasteiger partial charge < -0.3 is 14.8 Å². The maximum absolute atomic E-state index is 13.8. The zero-order valence-corrected chi connectivity index (χ0v) is 11.4. The standard InChI is InChI=1S/C15H22FNO2/c1-2-17-15(13-5-3-4-6-14(13)16)11-19-10-12-7-8-18-9-12/h3-6,12,15,17H,2,7-11H2,1H3. The Kier molecular flexibility index (Phi) is 5.76. The van der Waals surface area contributed by atoms with E-state index in [2.05, 4.69) is 5.32 Å². The summed E-state index contributed by atoms with van der Waals surface area (Å²) < 4.78 is 24.8. The van der Waals surface area contributed by atoms with Crippen molar-refractivity contribution in [2.24, 2.45) is 5.92 Å². The van der Waals surface area contributed by atoms with Gasteiger partial charge in [0.2, 0.25) is 0 Å². The van der Waals surface area contributed by atoms with Crippen molar-refractivity contribution < 1.29 is 13.9 Å². The van der Waals surface area contributed by atoms with Crippen molar-refractivity contribution in [1.82, 2.24) is 5.32 Å². The molecule has 0 spiro atoms. The van der Waals surface area contributed by atoms with Gasteiger partial charge in [0, 0.05) is 18.1 Å². The number of ether oxygens (including phenoxy) is 2. The topological polar surface area (TPSA) is 30.5 Å². The number of nitrogens with one attached hydrogen (secondary N) is 1. The van der Waals surface area contributed by atoms with E-state index < -0.39 is 0 Å². The molecule has 1 aromatic carbocycles. The molecule has 1 aliphatic heterocycles. The van der Waals surface area contributed by atoms with Crippen LogP contribution in [-0.4, -0.2) is 33.0 Å². The number of likely N-dealkylation sites (N-methyl/N-ethyl adjacent to an activating group) is 1. The van der Waals surface area contributed by atoms with Crippen LogP contribution in [0.3, 0.4) is 0 Å². The predicted molar refractivity (Wildman–Crippen MR) is 72.6 cm³/mol. The van der Waals surface area contributed by atoms with Gasteiger partial charge in [0.1, 0.15) is 5.82 Å². The van der Waals surface area contributed by atoms with Gasteiger partial charge in [-0.2, -0.15) is 0 Å². The fourth-order valence-corrected chi connectivity index (χ4v) is 2.33. The summed E-state index contributed by atoms with van der Waals surface area (Å²) in [7, 11) is 0. The molecular weight excluding hydrogens is 245 g/mol. The zero-order valence-electron chi connectivity index (χ0n) is 11.4. The maximum Gasteiger partial charge on any atom is 0.128 e. The SMILES string of the molecule is CCNC(COCC1CCOC1)c1ccccc1F. The summed E-state index contributed by atoms with van der Waals surface area (Å²) in [5, 5.41) is 3.27. The third-order valence-corrected chi connectivity index (χ3v) is 3.39. The van der Waals surface area contributed by atoms with Crippen LogP contribution in [0.1, 0.15) is 24.9 Å². The largest absolute Gasteiger partial charge is 0.381 e. The van der Waals surface area contributed by atoms with Crippen molar-refractivity contribution in [1.29, 1.82) is 0 Å². The van der Waals surface area contributed by atoms with Crippen molar-refractivity contribution in [2.75, 3.05) is 33.0 Å². The van der Waals surface area contributed by atoms with E-state index in [0.29, 0.717) is 24.7 Å². The smallest absolute Gasteiger partial charge is 0.128 e. The lowest BCUT2D eigenvalue weighted by molar-refractivity contribution is 0.0740. The van der Waals surface area contributed by atoms with Crippen LogP contribution in [0.25, 0.3) is 0 Å². The van der Waals surface area contributed by atoms with Crippen molar-refractivity contribution in [2.45, 2.75) is 19.4 Å². The first-order valence-electron chi connectivity index (χ1n) is 6.94. The van der Waals surface area contributed by atoms with E-state index in [0.717, 1.165) is 26.2 Å². The van der Waals surface area contributed by atoms with Gasteiger partial charge in [-0.1, -0.05) is 25.1 Å². The Labute approximate surface area is 114 Å². The highest BCUT2D eigenvalue weighted by molar-refractivity contribution is 5.21. The molecule has 0 bridgehead atoms. The average Bonchev–Trinajstić information content (AvgIpc) is 2.92. The van der Waals surface area contributed by atoms with Crippen LogP contribution in [0.4, 0.5) is 4.39 Å². The second-order valence-corrected chi connectivity index (χ2v) is 4.90. The molecule has 0 radical (unpaired) electrons. The van der Waals surface area contributed by atoms with Gasteiger partial charge in [-0.05, 0) is 19.0 Å². The highest BCUT2D eigenvalue weighted by Crippen LogP contribution is 2.18. The number of rotatable bonds is 7. The predicted octanol–water partition coefficient (Wildman–Crippen LogP) is 2.53. The number of hydrogen-bond donors (Lipinski definition) is 1. The summed E-state index contributed by atoms with van der Waals surface area (Å²) in [6.07, 6.45) is 1.06. The van der Waals surface area contributed by atoms with Crippen LogP contribution in [0.2, 0.25) is 0 Å². The monoisotopic (exact) mass is 267 g/mol. The van der Waals surface area contributed by atoms with Gasteiger partial charge in [-0.3, -0.25) is 0 Å². The Morgan fingerprint density at radius 2 is 2.32 bits per heavy atom. The molecule has 106 valence electrons. The van der Waals surface area contributed by atoms with Gasteiger partial charge in [-0.15, -0.1) is 0 Å². The second-order valence-electron chi connectivity index (χ2n) is 4.90. The number of hydrogen-bond acceptors (Lipinski definition) is 3. The number of benzene rings is 1. The summed E-state index contributed by atoms with van der Waals surface area (Å²) in [6.45, 7) is 5.60. The minimum Gasteiger partial charge on any atom is -0.381 e. The Hall–Kier alpha value is -0.970. The third kappa shape index (κ3) is 4.27. The van der Waals surface area contributed by atoms with E-state index in [1.807, 2.05) is 19.1 Å². The Bertz CT molecular complexity index is 380. The highest BCUT2D eigenvalue weighted by atomic mass is 19.1. The van der Waals surface area contributed by atoms with E-state index in [1.165, 1.54) is 6.07 Å². The lowest BCUT2D eigenvalue weighted by Gasteiger charge is -2.20. The average molecular weight is 267 g/mol. The molecule has 1 heterocycles. The first-order chi connectivity index (χ1) is 9.31. The minimum atomic E-state index is -0.179. The molecule has 1 saturated heterocycles. The summed E-state index contributed by atoms with van der Waals surface area (Å²) in [4.78, 5) is 0. The molecular formula is C15H22FNO2. The lowest BCUT2D eigenvalue weighted by atomic mass is 10.1. The van der Waals surface area contributed by atoms with Crippen molar-refractivity contribution in [3.05, 3.63) is 35.6 Å². The Balaban J connectivity index is 1.87. The van der Waals surface area contributed by atoms with Gasteiger partial charge in [0.15, 0.2) is 0 Å². The molecule has 2 rings (SSSR count). The fraction of sp³-hybridized carbons (Fsp3) is 0.600. The molecule has 4 heteroatoms. The maximum atomic E-state index is 13.8. The first-order valence-corrected chi connectivity index (χ1v) is 6.94. The van der Waals surface area contributed by atoms with Crippen LogP contribution < -0.4 is 5.32 Å². The van der Waals surface area contributed by atoms with Crippen LogP contribution in [0, 0.1) is 11.7 Å². The van der Waals surface area contributed by atoms with Gasteiger partial charge in [-0.25, -0.2) is 4.39 Å². The normalized spacial score (nSPS) is 20.6. The van der Waals surface area contributed by atoms with Crippen LogP contribution in [-0.2, 0) is 9.47 Å². The molecule has 1 aromatic rings. The van der Waals surface area contributed by atoms with Crippen LogP contribution in [0.5, 0.6) is 0 Å². The third-order valence-electron chi connectivity index (χ3n) is 3.39. The number of halogens is 1. The minimum absolute atomic E-state index is 0.0893. The van der Waals surface area contributed by atoms with E-state index in [1.54, 1.807) is 6.07 Å². The summed E-state index contributed by atoms with van der Waals surface area (Å²) in [5.74, 6) is 0.309. The van der Waals surface area contributed by atoms with Gasteiger partial charge >= 0.3 is 0 Å². The van der Waals surface area contributed by atoms with Crippen molar-refractivity contribution in [3.63, 3.8) is 0 Å². The van der Waals surface area contributed by atoms with E-state index >= 15 is 0 Å². The van der Waals surface area contributed by atoms with E-state index in [-0.39, 0.29) is 11.9 Å². The molecule has 1 fully saturated rings. The second kappa shape index (κ2) is 7.58. The lowest BCUT2D eigenvalue weighted by Crippen LogP contribution is -2.27. The zero-order chi connectivity index (χ0) is 13.5. The molecule has 0 aromatic heterocycles. The molecule has 19 heavy (non-hydrogen) atoms. The van der Waals surface area contributed by atoms with Crippen LogP contribution in [0.15, 0.2) is 24.3 Å². The van der Waals surface area contributed by atoms with Crippen LogP contribution >= 0.6 is 0 Å². The molecule has 2 atom stereocenters. The van der Waals surface area contributed by atoms with Gasteiger partial charge in [0.25, 0.3) is 0 Å². The molecule has 0 amide bonds. The molecule has 0 saturated carbocycles. The molecule has 1 aliphatic rings. The molecule has 2 unspecified atom stereocenters. The Morgan fingerprint density at radius 1 is 1.47 bits per heavy atom. The summed E-state index contributed by atoms with van der Waals surface area (Å²) in [5.41, 5.74) is 0.673. The molecule has 0 aliphatic carbocycles. The molecule has 1 N–H and O–H groups in total. The quantitative estimate of drug-likeness (QED) is 0.823. The summed E-state index contributed by atoms with van der Waals surface area (Å²) >= 11 is 0. The van der Waals surface area contributed by atoms with Crippen molar-refractivity contribution >= 4 is 0 Å².